The first-order chi connectivity index (χ1) is 17.0. The molecule has 0 aromatic carbocycles. The number of nitrogens with one attached hydrogen (secondary N) is 2. The van der Waals surface area contributed by atoms with Crippen molar-refractivity contribution in [3.63, 3.8) is 0 Å². The average molecular weight is 469 g/mol. The van der Waals surface area contributed by atoms with E-state index in [-0.39, 0.29) is 0 Å². The summed E-state index contributed by atoms with van der Waals surface area (Å²) in [7, 11) is 6.25. The number of rotatable bonds is 5. The maximum Gasteiger partial charge on any atom is 0.181 e. The number of pyridine rings is 3. The minimum Gasteiger partial charge on any atom is -0.352 e. The van der Waals surface area contributed by atoms with E-state index in [9.17, 15) is 0 Å². The highest BCUT2D eigenvalue weighted by Gasteiger charge is 2.21. The van der Waals surface area contributed by atoms with E-state index in [2.05, 4.69) is 78.1 Å². The molecule has 6 rings (SSSR count). The second-order valence-corrected chi connectivity index (χ2v) is 9.42. The molecule has 1 aliphatic heterocycles. The Morgan fingerprint density at radius 2 is 1.83 bits per heavy atom. The van der Waals surface area contributed by atoms with E-state index in [1.165, 1.54) is 0 Å². The second-order valence-electron chi connectivity index (χ2n) is 9.42. The van der Waals surface area contributed by atoms with E-state index in [0.717, 1.165) is 83.2 Å². The molecule has 1 fully saturated rings. The molecule has 178 valence electrons. The summed E-state index contributed by atoms with van der Waals surface area (Å²) in [6.45, 7) is 4.73. The van der Waals surface area contributed by atoms with Crippen LogP contribution in [0.4, 0.5) is 5.82 Å². The Morgan fingerprint density at radius 1 is 1.00 bits per heavy atom. The summed E-state index contributed by atoms with van der Waals surface area (Å²) in [5, 5.41) is 8.48. The van der Waals surface area contributed by atoms with Crippen LogP contribution >= 0.6 is 0 Å². The highest BCUT2D eigenvalue weighted by molar-refractivity contribution is 5.95. The number of H-pyrrole nitrogens is 2. The molecule has 1 saturated heterocycles. The number of piperazine rings is 1. The van der Waals surface area contributed by atoms with Crippen LogP contribution in [0.15, 0.2) is 43.0 Å². The first-order valence-electron chi connectivity index (χ1n) is 11.8. The van der Waals surface area contributed by atoms with Crippen molar-refractivity contribution in [1.82, 2.24) is 44.9 Å². The highest BCUT2D eigenvalue weighted by atomic mass is 15.3. The highest BCUT2D eigenvalue weighted by Crippen LogP contribution is 2.31. The van der Waals surface area contributed by atoms with Gasteiger partial charge in [0.05, 0.1) is 10.9 Å². The Labute approximate surface area is 203 Å². The second kappa shape index (κ2) is 8.71. The zero-order valence-corrected chi connectivity index (χ0v) is 20.2. The Balaban J connectivity index is 1.39. The summed E-state index contributed by atoms with van der Waals surface area (Å²) in [5.74, 6) is 1.65. The molecule has 5 aromatic heterocycles. The van der Waals surface area contributed by atoms with Crippen LogP contribution in [-0.4, -0.2) is 92.2 Å². The smallest absolute Gasteiger partial charge is 0.181 e. The summed E-state index contributed by atoms with van der Waals surface area (Å²) >= 11 is 0. The number of likely N-dealkylation sites (N-methyl/N-ethyl adjacent to an activating group) is 1. The van der Waals surface area contributed by atoms with Gasteiger partial charge in [0, 0.05) is 68.6 Å². The monoisotopic (exact) mass is 468 g/mol. The molecule has 1 aliphatic rings. The van der Waals surface area contributed by atoms with E-state index >= 15 is 0 Å². The van der Waals surface area contributed by atoms with Gasteiger partial charge in [0.1, 0.15) is 11.2 Å². The minimum atomic E-state index is 0.652. The summed E-state index contributed by atoms with van der Waals surface area (Å²) in [6, 6.07) is 6.23. The maximum absolute atomic E-state index is 4.96. The molecule has 10 heteroatoms. The van der Waals surface area contributed by atoms with Crippen molar-refractivity contribution in [2.75, 3.05) is 52.2 Å². The molecule has 5 aromatic rings. The molecule has 0 bridgehead atoms. The van der Waals surface area contributed by atoms with Gasteiger partial charge in [-0.1, -0.05) is 0 Å². The van der Waals surface area contributed by atoms with Gasteiger partial charge in [0.25, 0.3) is 0 Å². The van der Waals surface area contributed by atoms with Crippen molar-refractivity contribution in [3.8, 4) is 22.6 Å². The molecule has 0 radical (unpaired) electrons. The molecule has 0 atom stereocenters. The Hall–Kier alpha value is -3.89. The maximum atomic E-state index is 4.96. The fourth-order valence-electron chi connectivity index (χ4n) is 4.62. The van der Waals surface area contributed by atoms with E-state index in [4.69, 9.17) is 4.98 Å². The van der Waals surface area contributed by atoms with Gasteiger partial charge in [-0.15, -0.1) is 0 Å². The Kier molecular flexibility index (Phi) is 5.39. The number of anilines is 1. The van der Waals surface area contributed by atoms with Crippen LogP contribution in [0.3, 0.4) is 0 Å². The SMILES string of the molecule is CN(C)Cc1cncc(-c2cnc3n[nH]c(-c4nc5c(N6CCN(C)CC6)nccc5[nH]4)c3c2)c1. The van der Waals surface area contributed by atoms with Crippen molar-refractivity contribution in [2.24, 2.45) is 0 Å². The van der Waals surface area contributed by atoms with Crippen molar-refractivity contribution in [3.05, 3.63) is 48.5 Å². The molecule has 6 heterocycles. The van der Waals surface area contributed by atoms with Crippen LogP contribution in [0.5, 0.6) is 0 Å². The molecule has 0 amide bonds. The lowest BCUT2D eigenvalue weighted by Crippen LogP contribution is -2.44. The van der Waals surface area contributed by atoms with Gasteiger partial charge in [0.2, 0.25) is 0 Å². The first kappa shape index (κ1) is 21.6. The van der Waals surface area contributed by atoms with Crippen LogP contribution in [0, 0.1) is 0 Å². The third-order valence-corrected chi connectivity index (χ3v) is 6.46. The minimum absolute atomic E-state index is 0.652. The van der Waals surface area contributed by atoms with E-state index in [1.807, 2.05) is 30.9 Å². The standard InChI is InChI=1S/C25H28N10/c1-33(2)15-16-10-17(13-26-12-16)18-11-19-21(31-32-23(19)28-14-18)24-29-20-4-5-27-25(22(20)30-24)35-8-6-34(3)7-9-35/h4-5,10-14H,6-9,15H2,1-3H3,(H,29,30)(H,28,31,32). The summed E-state index contributed by atoms with van der Waals surface area (Å²) in [4.78, 5) is 28.9. The lowest BCUT2D eigenvalue weighted by molar-refractivity contribution is 0.312. The number of aromatic amines is 2. The van der Waals surface area contributed by atoms with E-state index in [0.29, 0.717) is 5.65 Å². The molecule has 0 spiro atoms. The van der Waals surface area contributed by atoms with Crippen LogP contribution in [0.25, 0.3) is 44.7 Å². The third-order valence-electron chi connectivity index (χ3n) is 6.46. The van der Waals surface area contributed by atoms with Crippen molar-refractivity contribution in [2.45, 2.75) is 6.54 Å². The lowest BCUT2D eigenvalue weighted by Gasteiger charge is -2.33. The van der Waals surface area contributed by atoms with Crippen LogP contribution in [-0.2, 0) is 6.54 Å². The number of nitrogens with zero attached hydrogens (tertiary/aromatic N) is 8. The molecular weight excluding hydrogens is 440 g/mol. The quantitative estimate of drug-likeness (QED) is 0.406. The van der Waals surface area contributed by atoms with Gasteiger partial charge >= 0.3 is 0 Å². The largest absolute Gasteiger partial charge is 0.352 e. The molecular formula is C25H28N10. The topological polar surface area (TPSA) is 106 Å². The number of imidazole rings is 1. The molecule has 2 N–H and O–H groups in total. The zero-order chi connectivity index (χ0) is 23.9. The predicted octanol–water partition coefficient (Wildman–Crippen LogP) is 2.77. The van der Waals surface area contributed by atoms with Crippen molar-refractivity contribution < 1.29 is 0 Å². The van der Waals surface area contributed by atoms with Crippen LogP contribution in [0.1, 0.15) is 5.56 Å². The number of hydrogen-bond acceptors (Lipinski definition) is 8. The van der Waals surface area contributed by atoms with Gasteiger partial charge in [-0.3, -0.25) is 10.1 Å². The fraction of sp³-hybridized carbons (Fsp3) is 0.320. The van der Waals surface area contributed by atoms with Gasteiger partial charge in [0.15, 0.2) is 17.3 Å². The van der Waals surface area contributed by atoms with E-state index < -0.39 is 0 Å². The average Bonchev–Trinajstić information content (AvgIpc) is 3.48. The Morgan fingerprint density at radius 3 is 2.66 bits per heavy atom. The third kappa shape index (κ3) is 4.11. The van der Waals surface area contributed by atoms with Gasteiger partial charge in [-0.05, 0) is 44.9 Å². The first-order valence-corrected chi connectivity index (χ1v) is 11.8. The summed E-state index contributed by atoms with van der Waals surface area (Å²) in [5.41, 5.74) is 6.46. The van der Waals surface area contributed by atoms with Gasteiger partial charge < -0.3 is 19.7 Å². The summed E-state index contributed by atoms with van der Waals surface area (Å²) in [6.07, 6.45) is 7.46. The Bertz CT molecular complexity index is 1490. The zero-order valence-electron chi connectivity index (χ0n) is 20.2. The van der Waals surface area contributed by atoms with Crippen molar-refractivity contribution in [1.29, 1.82) is 0 Å². The normalized spacial score (nSPS) is 15.0. The molecule has 0 saturated carbocycles. The van der Waals surface area contributed by atoms with E-state index in [1.54, 1.807) is 0 Å². The van der Waals surface area contributed by atoms with Gasteiger partial charge in [-0.2, -0.15) is 5.10 Å². The van der Waals surface area contributed by atoms with Crippen molar-refractivity contribution >= 4 is 27.9 Å². The number of fused-ring (bicyclic) bond motifs is 2. The molecule has 10 nitrogen and oxygen atoms in total. The number of hydrogen-bond donors (Lipinski definition) is 2. The van der Waals surface area contributed by atoms with Crippen LogP contribution in [0.2, 0.25) is 0 Å². The predicted molar refractivity (Wildman–Crippen MR) is 137 cm³/mol. The summed E-state index contributed by atoms with van der Waals surface area (Å²) < 4.78 is 0. The molecule has 35 heavy (non-hydrogen) atoms. The van der Waals surface area contributed by atoms with Crippen LogP contribution < -0.4 is 4.90 Å². The number of aromatic nitrogens is 7. The van der Waals surface area contributed by atoms with Gasteiger partial charge in [-0.25, -0.2) is 15.0 Å². The lowest BCUT2D eigenvalue weighted by atomic mass is 10.1. The fourth-order valence-corrected chi connectivity index (χ4v) is 4.62. The molecule has 0 unspecified atom stereocenters. The molecule has 0 aliphatic carbocycles.